The zero-order valence-electron chi connectivity index (χ0n) is 43.2. The summed E-state index contributed by atoms with van der Waals surface area (Å²) in [5, 5.41) is 8.36. The van der Waals surface area contributed by atoms with Crippen LogP contribution in [-0.4, -0.2) is 22.6 Å². The van der Waals surface area contributed by atoms with Crippen LogP contribution in [0, 0.1) is 12.1 Å². The fourth-order valence-electron chi connectivity index (χ4n) is 11.0. The van der Waals surface area contributed by atoms with Gasteiger partial charge in [-0.25, -0.2) is 0 Å². The van der Waals surface area contributed by atoms with Crippen molar-refractivity contribution < 1.29 is 29.3 Å². The summed E-state index contributed by atoms with van der Waals surface area (Å²) < 4.78 is 16.3. The van der Waals surface area contributed by atoms with Gasteiger partial charge in [0.15, 0.2) is 0 Å². The number of furan rings is 1. The molecule has 7 heteroatoms. The number of rotatable bonds is 7. The second-order valence-electron chi connectivity index (χ2n) is 21.9. The molecule has 0 N–H and O–H groups in total. The maximum absolute atomic E-state index is 6.97. The summed E-state index contributed by atoms with van der Waals surface area (Å²) in [5.74, 6) is 1.28. The zero-order valence-corrected chi connectivity index (χ0v) is 46.6. The third-order valence-electron chi connectivity index (χ3n) is 14.5. The molecule has 0 bridgehead atoms. The van der Waals surface area contributed by atoms with Gasteiger partial charge in [-0.15, -0.1) is 54.1 Å². The van der Waals surface area contributed by atoms with Gasteiger partial charge in [-0.05, 0) is 130 Å². The van der Waals surface area contributed by atoms with Crippen LogP contribution in [-0.2, 0) is 36.0 Å². The molecule has 8 aromatic carbocycles. The van der Waals surface area contributed by atoms with Gasteiger partial charge in [0.05, 0.1) is 41.7 Å². The predicted octanol–water partition coefficient (Wildman–Crippen LogP) is 17.2. The number of aromatic nitrogens is 3. The van der Waals surface area contributed by atoms with E-state index in [0.29, 0.717) is 0 Å². The van der Waals surface area contributed by atoms with Crippen LogP contribution in [0.4, 0.5) is 0 Å². The van der Waals surface area contributed by atoms with Crippen LogP contribution in [0.2, 0.25) is 19.6 Å². The molecule has 0 atom stereocenters. The minimum Gasteiger partial charge on any atom is -0.501 e. The first-order valence-corrected chi connectivity index (χ1v) is 28.6. The molecule has 0 saturated carbocycles. The zero-order chi connectivity index (χ0) is 49.6. The summed E-state index contributed by atoms with van der Waals surface area (Å²) >= 11 is 0. The second-order valence-corrected chi connectivity index (χ2v) is 27.0. The monoisotopic (exact) mass is 1140 g/mol. The Bertz CT molecular complexity index is 3800. The van der Waals surface area contributed by atoms with E-state index in [1.54, 1.807) is 0 Å². The average molecular weight is 1140 g/mol. The van der Waals surface area contributed by atoms with E-state index in [-0.39, 0.29) is 31.9 Å². The first-order chi connectivity index (χ1) is 34.0. The molecule has 12 rings (SSSR count). The SMILES string of the molecule is CC(C)c1cc(-c2ccccc2)cc(C(C)C)c1-n1c(-c2[c-]ccc3c2oc2cc4c(ccc5ccccc54)cc23)nc2ccc3c(c21)C(C)(C)OC3(C)C.C[Si](C)(C)c1ccc(-c2[c-]cccc2)nc1.[Ir]. The van der Waals surface area contributed by atoms with Crippen molar-refractivity contribution in [3.63, 3.8) is 0 Å². The van der Waals surface area contributed by atoms with E-state index in [1.165, 1.54) is 65.8 Å². The normalized spacial score (nSPS) is 14.1. The molecular weight excluding hydrogens is 1080 g/mol. The fourth-order valence-corrected chi connectivity index (χ4v) is 12.0. The summed E-state index contributed by atoms with van der Waals surface area (Å²) in [6.07, 6.45) is 2.02. The fraction of sp³-hybridized carbons (Fsp3) is 0.231. The van der Waals surface area contributed by atoms with Gasteiger partial charge in [-0.1, -0.05) is 143 Å². The Labute approximate surface area is 438 Å². The predicted molar refractivity (Wildman–Crippen MR) is 300 cm³/mol. The Kier molecular flexibility index (Phi) is 12.6. The van der Waals surface area contributed by atoms with Gasteiger partial charge in [0.1, 0.15) is 5.58 Å². The summed E-state index contributed by atoms with van der Waals surface area (Å²) in [4.78, 5) is 10.1. The first kappa shape index (κ1) is 49.1. The second kappa shape index (κ2) is 18.5. The smallest absolute Gasteiger partial charge is 0.121 e. The van der Waals surface area contributed by atoms with Crippen LogP contribution < -0.4 is 5.19 Å². The van der Waals surface area contributed by atoms with Gasteiger partial charge >= 0.3 is 0 Å². The molecule has 363 valence electrons. The summed E-state index contributed by atoms with van der Waals surface area (Å²) in [6, 6.07) is 60.7. The maximum Gasteiger partial charge on any atom is 0.121 e. The van der Waals surface area contributed by atoms with Crippen molar-refractivity contribution in [1.82, 2.24) is 14.5 Å². The van der Waals surface area contributed by atoms with Crippen molar-refractivity contribution in [3.8, 4) is 39.5 Å². The summed E-state index contributed by atoms with van der Waals surface area (Å²) in [7, 11) is -1.23. The average Bonchev–Trinajstić information content (AvgIpc) is 3.99. The van der Waals surface area contributed by atoms with Crippen molar-refractivity contribution in [2.45, 2.75) is 98.1 Å². The first-order valence-electron chi connectivity index (χ1n) is 25.1. The molecule has 0 spiro atoms. The van der Waals surface area contributed by atoms with Crippen LogP contribution in [0.5, 0.6) is 0 Å². The van der Waals surface area contributed by atoms with E-state index >= 15 is 0 Å². The molecule has 1 aliphatic rings. The van der Waals surface area contributed by atoms with Crippen LogP contribution in [0.25, 0.3) is 94.0 Å². The van der Waals surface area contributed by atoms with Crippen molar-refractivity contribution in [1.29, 1.82) is 0 Å². The number of imidazole rings is 1. The molecule has 0 aliphatic carbocycles. The Balaban J connectivity index is 0.000000300. The molecular formula is C65H61IrN3O2Si-2. The van der Waals surface area contributed by atoms with Gasteiger partial charge in [0.25, 0.3) is 0 Å². The van der Waals surface area contributed by atoms with Crippen molar-refractivity contribution >= 4 is 67.8 Å². The topological polar surface area (TPSA) is 53.1 Å². The molecule has 0 fully saturated rings. The largest absolute Gasteiger partial charge is 0.501 e. The molecule has 5 nitrogen and oxygen atoms in total. The van der Waals surface area contributed by atoms with Crippen LogP contribution >= 0.6 is 0 Å². The van der Waals surface area contributed by atoms with E-state index in [2.05, 4.69) is 218 Å². The van der Waals surface area contributed by atoms with Gasteiger partial charge < -0.3 is 18.7 Å². The molecule has 72 heavy (non-hydrogen) atoms. The van der Waals surface area contributed by atoms with Gasteiger partial charge in [0.2, 0.25) is 0 Å². The minimum absolute atomic E-state index is 0. The Hall–Kier alpha value is -6.47. The number of ether oxygens (including phenoxy) is 1. The number of fused-ring (bicyclic) bond motifs is 9. The molecule has 1 aliphatic heterocycles. The van der Waals surface area contributed by atoms with Gasteiger partial charge in [0, 0.05) is 42.9 Å². The van der Waals surface area contributed by atoms with Gasteiger partial charge in [-0.3, -0.25) is 4.98 Å². The Morgan fingerprint density at radius 2 is 1.32 bits per heavy atom. The molecule has 4 heterocycles. The summed E-state index contributed by atoms with van der Waals surface area (Å²) in [6.45, 7) is 25.0. The molecule has 0 saturated heterocycles. The molecule has 0 amide bonds. The van der Waals surface area contributed by atoms with Crippen LogP contribution in [0.1, 0.15) is 89.5 Å². The number of hydrogen-bond donors (Lipinski definition) is 0. The molecule has 3 aromatic heterocycles. The maximum atomic E-state index is 6.97. The van der Waals surface area contributed by atoms with Crippen LogP contribution in [0.3, 0.4) is 0 Å². The standard InChI is InChI=1S/C51H45N2O2.C14H16NSi.Ir/c1-29(2)38-26-34(31-15-10-9-11-16-31)27-39(30(3)4)46(38)53-47-43(24-23-42-45(47)51(7,8)55-50(42,5)6)52-49(53)37-20-14-19-36-41-25-33-22-21-32-17-12-13-18-35(32)40(33)28-44(41)54-48(36)37;1-16(2,3)13-9-10-14(15-11-13)12-7-5-4-6-8-12;/h9-19,21-30H,1-8H3;4-7,9-11H,1-3H3;/q2*-1;. The van der Waals surface area contributed by atoms with Crippen molar-refractivity contribution in [2.75, 3.05) is 0 Å². The molecule has 1 radical (unpaired) electrons. The third-order valence-corrected chi connectivity index (χ3v) is 16.5. The molecule has 0 unspecified atom stereocenters. The third kappa shape index (κ3) is 8.54. The van der Waals surface area contributed by atoms with E-state index in [0.717, 1.165) is 55.6 Å². The number of pyridine rings is 1. The number of hydrogen-bond acceptors (Lipinski definition) is 4. The van der Waals surface area contributed by atoms with Crippen molar-refractivity contribution in [2.24, 2.45) is 0 Å². The van der Waals surface area contributed by atoms with Crippen LogP contribution in [0.15, 0.2) is 162 Å². The minimum atomic E-state index is -1.23. The Morgan fingerprint density at radius 3 is 2.00 bits per heavy atom. The van der Waals surface area contributed by atoms with E-state index in [9.17, 15) is 0 Å². The quantitative estimate of drug-likeness (QED) is 0.0907. The summed E-state index contributed by atoms with van der Waals surface area (Å²) in [5.41, 5.74) is 14.1. The van der Waals surface area contributed by atoms with E-state index < -0.39 is 19.3 Å². The number of benzene rings is 8. The van der Waals surface area contributed by atoms with E-state index in [4.69, 9.17) is 14.1 Å². The van der Waals surface area contributed by atoms with Crippen molar-refractivity contribution in [3.05, 3.63) is 192 Å². The molecule has 11 aromatic rings. The van der Waals surface area contributed by atoms with Gasteiger partial charge in [-0.2, -0.15) is 0 Å². The van der Waals surface area contributed by atoms with E-state index in [1.807, 2.05) is 36.5 Å². The number of nitrogens with zero attached hydrogens (tertiary/aromatic N) is 3. The Morgan fingerprint density at radius 1 is 0.611 bits per heavy atom.